The van der Waals surface area contributed by atoms with E-state index < -0.39 is 29.9 Å². The van der Waals surface area contributed by atoms with Gasteiger partial charge in [0.2, 0.25) is 5.91 Å². The van der Waals surface area contributed by atoms with E-state index in [4.69, 9.17) is 0 Å². The number of carbonyl (C=O) groups is 4. The number of amides is 5. The minimum Gasteiger partial charge on any atom is -0.349 e. The summed E-state index contributed by atoms with van der Waals surface area (Å²) < 4.78 is 0. The van der Waals surface area contributed by atoms with Crippen molar-refractivity contribution in [3.8, 4) is 0 Å². The van der Waals surface area contributed by atoms with Crippen LogP contribution in [0.1, 0.15) is 35.7 Å². The molecular formula is C22H22N4O4. The van der Waals surface area contributed by atoms with E-state index in [1.807, 2.05) is 6.07 Å². The predicted molar refractivity (Wildman–Crippen MR) is 110 cm³/mol. The predicted octanol–water partition coefficient (Wildman–Crippen LogP) is 1.98. The zero-order valence-corrected chi connectivity index (χ0v) is 16.5. The lowest BCUT2D eigenvalue weighted by Crippen LogP contribution is -2.42. The molecule has 154 valence electrons. The largest absolute Gasteiger partial charge is 0.349 e. The van der Waals surface area contributed by atoms with Crippen molar-refractivity contribution in [3.63, 3.8) is 0 Å². The molecule has 1 aliphatic heterocycles. The fraction of sp³-hybridized carbons (Fsp3) is 0.273. The Morgan fingerprint density at radius 2 is 1.73 bits per heavy atom. The monoisotopic (exact) mass is 406 g/mol. The fourth-order valence-corrected chi connectivity index (χ4v) is 3.42. The Morgan fingerprint density at radius 1 is 1.07 bits per heavy atom. The van der Waals surface area contributed by atoms with Gasteiger partial charge in [-0.3, -0.25) is 19.3 Å². The Labute approximate surface area is 173 Å². The molecule has 1 aliphatic carbocycles. The number of carbonyl (C=O) groups excluding carboxylic acids is 4. The summed E-state index contributed by atoms with van der Waals surface area (Å²) in [6.45, 7) is 1.16. The lowest BCUT2D eigenvalue weighted by molar-refractivity contribution is -0.133. The molecule has 8 nitrogen and oxygen atoms in total. The van der Waals surface area contributed by atoms with Crippen LogP contribution in [0.25, 0.3) is 0 Å². The quantitative estimate of drug-likeness (QED) is 0.638. The van der Waals surface area contributed by atoms with Crippen molar-refractivity contribution in [2.24, 2.45) is 0 Å². The summed E-state index contributed by atoms with van der Waals surface area (Å²) in [6.07, 6.45) is 1.90. The molecule has 3 N–H and O–H groups in total. The van der Waals surface area contributed by atoms with Gasteiger partial charge in [-0.25, -0.2) is 4.79 Å². The van der Waals surface area contributed by atoms with Crippen LogP contribution in [0.4, 0.5) is 10.5 Å². The van der Waals surface area contributed by atoms with Crippen LogP contribution in [0.5, 0.6) is 0 Å². The highest BCUT2D eigenvalue weighted by molar-refractivity contribution is 6.11. The van der Waals surface area contributed by atoms with E-state index >= 15 is 0 Å². The maximum absolute atomic E-state index is 12.9. The van der Waals surface area contributed by atoms with Gasteiger partial charge in [0.05, 0.1) is 11.3 Å². The van der Waals surface area contributed by atoms with Crippen LogP contribution in [0.2, 0.25) is 0 Å². The topological polar surface area (TPSA) is 108 Å². The normalized spacial score (nSPS) is 20.6. The summed E-state index contributed by atoms with van der Waals surface area (Å²) in [5.41, 5.74) is 0.0664. The molecule has 0 unspecified atom stereocenters. The zero-order chi connectivity index (χ0) is 21.3. The molecule has 0 aromatic heterocycles. The molecule has 1 saturated heterocycles. The van der Waals surface area contributed by atoms with Crippen molar-refractivity contribution >= 4 is 29.4 Å². The van der Waals surface area contributed by atoms with Gasteiger partial charge in [-0.1, -0.05) is 42.5 Å². The molecule has 1 heterocycles. The number of nitrogens with one attached hydrogen (secondary N) is 3. The second-order valence-electron chi connectivity index (χ2n) is 7.65. The maximum Gasteiger partial charge on any atom is 0.325 e. The van der Waals surface area contributed by atoms with Crippen LogP contribution in [-0.2, 0) is 15.1 Å². The SMILES string of the molecule is C[C@]1(c2ccccc2)NC(=O)N(CC(=O)Nc2ccccc2C(=O)NC2CC2)C1=O. The number of hydrogen-bond donors (Lipinski definition) is 3. The highest BCUT2D eigenvalue weighted by Crippen LogP contribution is 2.28. The van der Waals surface area contributed by atoms with Crippen molar-refractivity contribution in [1.29, 1.82) is 0 Å². The Balaban J connectivity index is 1.46. The van der Waals surface area contributed by atoms with Crippen molar-refractivity contribution in [3.05, 3.63) is 65.7 Å². The second kappa shape index (κ2) is 7.62. The Morgan fingerprint density at radius 3 is 2.43 bits per heavy atom. The van der Waals surface area contributed by atoms with E-state index in [0.717, 1.165) is 17.7 Å². The summed E-state index contributed by atoms with van der Waals surface area (Å²) in [5, 5.41) is 8.19. The van der Waals surface area contributed by atoms with Gasteiger partial charge in [-0.15, -0.1) is 0 Å². The van der Waals surface area contributed by atoms with Gasteiger partial charge in [0, 0.05) is 6.04 Å². The number of rotatable bonds is 6. The van der Waals surface area contributed by atoms with Crippen molar-refractivity contribution in [1.82, 2.24) is 15.5 Å². The Kier molecular flexibility index (Phi) is 4.99. The Hall–Kier alpha value is -3.68. The van der Waals surface area contributed by atoms with E-state index in [2.05, 4.69) is 16.0 Å². The first kappa shape index (κ1) is 19.6. The fourth-order valence-electron chi connectivity index (χ4n) is 3.42. The summed E-state index contributed by atoms with van der Waals surface area (Å²) in [5.74, 6) is -1.34. The molecule has 30 heavy (non-hydrogen) atoms. The van der Waals surface area contributed by atoms with Crippen LogP contribution in [0.3, 0.4) is 0 Å². The number of imide groups is 1. The number of benzene rings is 2. The summed E-state index contributed by atoms with van der Waals surface area (Å²) >= 11 is 0. The molecule has 2 aliphatic rings. The summed E-state index contributed by atoms with van der Waals surface area (Å²) in [4.78, 5) is 51.2. The first-order chi connectivity index (χ1) is 14.4. The van der Waals surface area contributed by atoms with E-state index in [-0.39, 0.29) is 11.9 Å². The molecule has 2 aromatic carbocycles. The number of para-hydroxylation sites is 1. The highest BCUT2D eigenvalue weighted by atomic mass is 16.2. The van der Waals surface area contributed by atoms with E-state index in [1.165, 1.54) is 0 Å². The molecule has 1 atom stereocenters. The van der Waals surface area contributed by atoms with Gasteiger partial charge in [-0.2, -0.15) is 0 Å². The van der Waals surface area contributed by atoms with E-state index in [1.54, 1.807) is 55.5 Å². The molecule has 5 amide bonds. The van der Waals surface area contributed by atoms with Gasteiger partial charge in [0.25, 0.3) is 11.8 Å². The van der Waals surface area contributed by atoms with Crippen LogP contribution in [0.15, 0.2) is 54.6 Å². The highest BCUT2D eigenvalue weighted by Gasteiger charge is 2.49. The van der Waals surface area contributed by atoms with E-state index in [9.17, 15) is 19.2 Å². The first-order valence-corrected chi connectivity index (χ1v) is 9.78. The standard InChI is InChI=1S/C22H22N4O4/c1-22(14-7-3-2-4-8-14)20(29)26(21(30)25-22)13-18(27)24-17-10-6-5-9-16(17)19(28)23-15-11-12-15/h2-10,15H,11-13H2,1H3,(H,23,28)(H,24,27)(H,25,30)/t22-/m1/s1. The average Bonchev–Trinajstić information content (AvgIpc) is 3.52. The third kappa shape index (κ3) is 3.76. The van der Waals surface area contributed by atoms with Gasteiger partial charge in [0.1, 0.15) is 12.1 Å². The minimum atomic E-state index is -1.24. The minimum absolute atomic E-state index is 0.183. The molecule has 0 bridgehead atoms. The smallest absolute Gasteiger partial charge is 0.325 e. The number of nitrogens with zero attached hydrogens (tertiary/aromatic N) is 1. The van der Waals surface area contributed by atoms with Gasteiger partial charge < -0.3 is 16.0 Å². The molecule has 2 aromatic rings. The van der Waals surface area contributed by atoms with E-state index in [0.29, 0.717) is 16.8 Å². The molecule has 0 spiro atoms. The number of anilines is 1. The van der Waals surface area contributed by atoms with Gasteiger partial charge >= 0.3 is 6.03 Å². The maximum atomic E-state index is 12.9. The number of urea groups is 1. The van der Waals surface area contributed by atoms with Gasteiger partial charge in [0.15, 0.2) is 0 Å². The zero-order valence-electron chi connectivity index (χ0n) is 16.5. The summed E-state index contributed by atoms with van der Waals surface area (Å²) in [7, 11) is 0. The molecule has 0 radical (unpaired) electrons. The lowest BCUT2D eigenvalue weighted by atomic mass is 9.92. The molecule has 1 saturated carbocycles. The van der Waals surface area contributed by atoms with Crippen LogP contribution < -0.4 is 16.0 Å². The Bertz CT molecular complexity index is 1020. The average molecular weight is 406 g/mol. The van der Waals surface area contributed by atoms with Crippen molar-refractivity contribution in [2.75, 3.05) is 11.9 Å². The molecular weight excluding hydrogens is 384 g/mol. The second-order valence-corrected chi connectivity index (χ2v) is 7.65. The third-order valence-corrected chi connectivity index (χ3v) is 5.29. The van der Waals surface area contributed by atoms with Gasteiger partial charge in [-0.05, 0) is 37.5 Å². The lowest BCUT2D eigenvalue weighted by Gasteiger charge is -2.22. The molecule has 8 heteroatoms. The third-order valence-electron chi connectivity index (χ3n) is 5.29. The van der Waals surface area contributed by atoms with Crippen LogP contribution in [-0.4, -0.2) is 41.2 Å². The number of hydrogen-bond acceptors (Lipinski definition) is 4. The van der Waals surface area contributed by atoms with Crippen LogP contribution >= 0.6 is 0 Å². The van der Waals surface area contributed by atoms with Crippen LogP contribution in [0, 0.1) is 0 Å². The molecule has 2 fully saturated rings. The molecule has 4 rings (SSSR count). The summed E-state index contributed by atoms with van der Waals surface area (Å²) in [6, 6.07) is 15.0. The van der Waals surface area contributed by atoms with Crippen molar-refractivity contribution in [2.45, 2.75) is 31.3 Å². The first-order valence-electron chi connectivity index (χ1n) is 9.78. The van der Waals surface area contributed by atoms with Crippen molar-refractivity contribution < 1.29 is 19.2 Å².